The minimum atomic E-state index is -0.00645. The highest BCUT2D eigenvalue weighted by Crippen LogP contribution is 2.23. The van der Waals surface area contributed by atoms with Gasteiger partial charge in [0.1, 0.15) is 0 Å². The predicted molar refractivity (Wildman–Crippen MR) is 86.6 cm³/mol. The molecule has 0 aromatic heterocycles. The largest absolute Gasteiger partial charge is 0.376 e. The third kappa shape index (κ3) is 6.79. The number of amides is 2. The van der Waals surface area contributed by atoms with Crippen molar-refractivity contribution in [1.82, 2.24) is 5.32 Å². The molecule has 0 bridgehead atoms. The van der Waals surface area contributed by atoms with Crippen molar-refractivity contribution in [3.05, 3.63) is 24.3 Å². The van der Waals surface area contributed by atoms with Gasteiger partial charge in [-0.15, -0.1) is 0 Å². The fourth-order valence-corrected chi connectivity index (χ4v) is 2.03. The zero-order chi connectivity index (χ0) is 15.7. The SMILES string of the molecule is CC(=O)NCCCCCC(=O)Nc1ccccc1N(C)C. The predicted octanol–water partition coefficient (Wildman–Crippen LogP) is 2.39. The van der Waals surface area contributed by atoms with Gasteiger partial charge < -0.3 is 15.5 Å². The lowest BCUT2D eigenvalue weighted by Crippen LogP contribution is -2.20. The molecule has 116 valence electrons. The summed E-state index contributed by atoms with van der Waals surface area (Å²) < 4.78 is 0. The van der Waals surface area contributed by atoms with E-state index < -0.39 is 0 Å². The number of carbonyl (C=O) groups is 2. The number of nitrogens with zero attached hydrogens (tertiary/aromatic N) is 1. The average Bonchev–Trinajstić information content (AvgIpc) is 2.42. The Morgan fingerprint density at radius 3 is 2.48 bits per heavy atom. The standard InChI is InChI=1S/C16H25N3O2/c1-13(20)17-12-8-4-5-11-16(21)18-14-9-6-7-10-15(14)19(2)3/h6-7,9-10H,4-5,8,11-12H2,1-3H3,(H,17,20)(H,18,21). The summed E-state index contributed by atoms with van der Waals surface area (Å²) in [4.78, 5) is 24.6. The Hall–Kier alpha value is -2.04. The first-order valence-corrected chi connectivity index (χ1v) is 7.31. The second kappa shape index (κ2) is 9.00. The van der Waals surface area contributed by atoms with E-state index in [0.717, 1.165) is 30.6 Å². The molecule has 2 N–H and O–H groups in total. The first-order chi connectivity index (χ1) is 10.0. The maximum atomic E-state index is 11.9. The molecule has 0 aliphatic carbocycles. The van der Waals surface area contributed by atoms with Crippen molar-refractivity contribution in [2.45, 2.75) is 32.6 Å². The van der Waals surface area contributed by atoms with E-state index in [9.17, 15) is 9.59 Å². The van der Waals surface area contributed by atoms with Crippen molar-refractivity contribution in [1.29, 1.82) is 0 Å². The summed E-state index contributed by atoms with van der Waals surface area (Å²) in [7, 11) is 3.90. The highest BCUT2D eigenvalue weighted by molar-refractivity contribution is 5.94. The molecule has 1 aromatic rings. The summed E-state index contributed by atoms with van der Waals surface area (Å²) in [6.07, 6.45) is 3.17. The van der Waals surface area contributed by atoms with Crippen LogP contribution >= 0.6 is 0 Å². The Kier molecular flexibility index (Phi) is 7.29. The molecule has 0 spiro atoms. The second-order valence-corrected chi connectivity index (χ2v) is 5.25. The number of anilines is 2. The zero-order valence-corrected chi connectivity index (χ0v) is 13.1. The summed E-state index contributed by atoms with van der Waals surface area (Å²) in [5, 5.41) is 5.70. The number of para-hydroxylation sites is 2. The van der Waals surface area contributed by atoms with Gasteiger partial charge in [0.15, 0.2) is 0 Å². The van der Waals surface area contributed by atoms with Crippen LogP contribution in [0.15, 0.2) is 24.3 Å². The minimum Gasteiger partial charge on any atom is -0.376 e. The molecule has 1 rings (SSSR count). The fourth-order valence-electron chi connectivity index (χ4n) is 2.03. The normalized spacial score (nSPS) is 10.0. The van der Waals surface area contributed by atoms with E-state index in [1.165, 1.54) is 6.92 Å². The van der Waals surface area contributed by atoms with Crippen molar-refractivity contribution in [3.8, 4) is 0 Å². The quantitative estimate of drug-likeness (QED) is 0.723. The van der Waals surface area contributed by atoms with Gasteiger partial charge >= 0.3 is 0 Å². The molecule has 0 heterocycles. The molecular formula is C16H25N3O2. The monoisotopic (exact) mass is 291 g/mol. The number of unbranched alkanes of at least 4 members (excludes halogenated alkanes) is 2. The van der Waals surface area contributed by atoms with Crippen molar-refractivity contribution in [3.63, 3.8) is 0 Å². The number of carbonyl (C=O) groups excluding carboxylic acids is 2. The Morgan fingerprint density at radius 1 is 1.10 bits per heavy atom. The molecule has 0 aliphatic heterocycles. The first-order valence-electron chi connectivity index (χ1n) is 7.31. The molecule has 21 heavy (non-hydrogen) atoms. The van der Waals surface area contributed by atoms with Gasteiger partial charge in [0.2, 0.25) is 11.8 Å². The van der Waals surface area contributed by atoms with E-state index in [1.807, 2.05) is 43.3 Å². The van der Waals surface area contributed by atoms with Crippen molar-refractivity contribution in [2.24, 2.45) is 0 Å². The summed E-state index contributed by atoms with van der Waals surface area (Å²) in [5.41, 5.74) is 1.84. The third-order valence-electron chi connectivity index (χ3n) is 3.11. The smallest absolute Gasteiger partial charge is 0.224 e. The number of benzene rings is 1. The van der Waals surface area contributed by atoms with Crippen LogP contribution < -0.4 is 15.5 Å². The molecule has 5 heteroatoms. The summed E-state index contributed by atoms with van der Waals surface area (Å²) in [6.45, 7) is 2.19. The Morgan fingerprint density at radius 2 is 1.81 bits per heavy atom. The summed E-state index contributed by atoms with van der Waals surface area (Å²) in [5.74, 6) is 0.0249. The van der Waals surface area contributed by atoms with Crippen LogP contribution in [0.4, 0.5) is 11.4 Å². The van der Waals surface area contributed by atoms with Gasteiger partial charge in [-0.3, -0.25) is 9.59 Å². The second-order valence-electron chi connectivity index (χ2n) is 5.25. The van der Waals surface area contributed by atoms with E-state index in [1.54, 1.807) is 0 Å². The van der Waals surface area contributed by atoms with Crippen LogP contribution in [0, 0.1) is 0 Å². The summed E-state index contributed by atoms with van der Waals surface area (Å²) in [6, 6.07) is 7.75. The zero-order valence-electron chi connectivity index (χ0n) is 13.1. The molecule has 5 nitrogen and oxygen atoms in total. The maximum absolute atomic E-state index is 11.9. The van der Waals surface area contributed by atoms with E-state index in [0.29, 0.717) is 13.0 Å². The molecule has 0 unspecified atom stereocenters. The van der Waals surface area contributed by atoms with Crippen LogP contribution in [0.1, 0.15) is 32.6 Å². The van der Waals surface area contributed by atoms with Gasteiger partial charge in [-0.2, -0.15) is 0 Å². The first kappa shape index (κ1) is 17.0. The van der Waals surface area contributed by atoms with Crippen LogP contribution in [0.3, 0.4) is 0 Å². The minimum absolute atomic E-state index is 0.00645. The van der Waals surface area contributed by atoms with Crippen LogP contribution in [0.2, 0.25) is 0 Å². The molecule has 0 saturated carbocycles. The topological polar surface area (TPSA) is 61.4 Å². The molecule has 0 saturated heterocycles. The number of hydrogen-bond acceptors (Lipinski definition) is 3. The third-order valence-corrected chi connectivity index (χ3v) is 3.11. The molecule has 1 aromatic carbocycles. The van der Waals surface area contributed by atoms with Gasteiger partial charge in [0.05, 0.1) is 11.4 Å². The van der Waals surface area contributed by atoms with Crippen LogP contribution in [-0.2, 0) is 9.59 Å². The average molecular weight is 291 g/mol. The van der Waals surface area contributed by atoms with Gasteiger partial charge in [0.25, 0.3) is 0 Å². The molecular weight excluding hydrogens is 266 g/mol. The van der Waals surface area contributed by atoms with Crippen LogP contribution in [-0.4, -0.2) is 32.5 Å². The lowest BCUT2D eigenvalue weighted by atomic mass is 10.1. The van der Waals surface area contributed by atoms with Crippen molar-refractivity contribution < 1.29 is 9.59 Å². The number of hydrogen-bond donors (Lipinski definition) is 2. The Bertz CT molecular complexity index is 472. The van der Waals surface area contributed by atoms with Crippen LogP contribution in [0.25, 0.3) is 0 Å². The molecule has 0 aliphatic rings. The van der Waals surface area contributed by atoms with Gasteiger partial charge in [0, 0.05) is 34.0 Å². The maximum Gasteiger partial charge on any atom is 0.224 e. The van der Waals surface area contributed by atoms with E-state index in [4.69, 9.17) is 0 Å². The van der Waals surface area contributed by atoms with E-state index >= 15 is 0 Å². The highest BCUT2D eigenvalue weighted by atomic mass is 16.2. The molecule has 0 atom stereocenters. The summed E-state index contributed by atoms with van der Waals surface area (Å²) >= 11 is 0. The van der Waals surface area contributed by atoms with Crippen molar-refractivity contribution in [2.75, 3.05) is 30.9 Å². The van der Waals surface area contributed by atoms with E-state index in [-0.39, 0.29) is 11.8 Å². The lowest BCUT2D eigenvalue weighted by molar-refractivity contribution is -0.119. The van der Waals surface area contributed by atoms with Crippen molar-refractivity contribution >= 4 is 23.2 Å². The van der Waals surface area contributed by atoms with E-state index in [2.05, 4.69) is 10.6 Å². The number of rotatable bonds is 8. The molecule has 0 fully saturated rings. The van der Waals surface area contributed by atoms with Crippen LogP contribution in [0.5, 0.6) is 0 Å². The fraction of sp³-hybridized carbons (Fsp3) is 0.500. The molecule has 0 radical (unpaired) electrons. The Labute approximate surface area is 126 Å². The Balaban J connectivity index is 2.29. The number of nitrogens with one attached hydrogen (secondary N) is 2. The molecule has 2 amide bonds. The highest BCUT2D eigenvalue weighted by Gasteiger charge is 2.07. The van der Waals surface area contributed by atoms with Gasteiger partial charge in [-0.25, -0.2) is 0 Å². The lowest BCUT2D eigenvalue weighted by Gasteiger charge is -2.17. The van der Waals surface area contributed by atoms with Gasteiger partial charge in [-0.05, 0) is 25.0 Å². The van der Waals surface area contributed by atoms with Gasteiger partial charge in [-0.1, -0.05) is 18.6 Å².